The minimum absolute atomic E-state index is 0.722. The van der Waals surface area contributed by atoms with Gasteiger partial charge in [-0.25, -0.2) is 4.98 Å². The summed E-state index contributed by atoms with van der Waals surface area (Å²) in [6, 6.07) is 8.50. The Bertz CT molecular complexity index is 615. The molecule has 5 heteroatoms. The molecule has 2 heterocycles. The van der Waals surface area contributed by atoms with Gasteiger partial charge in [-0.15, -0.1) is 0 Å². The summed E-state index contributed by atoms with van der Waals surface area (Å²) >= 11 is 0. The van der Waals surface area contributed by atoms with Crippen LogP contribution < -0.4 is 4.74 Å². The van der Waals surface area contributed by atoms with Crippen LogP contribution in [0.3, 0.4) is 0 Å². The first-order valence-electron chi connectivity index (χ1n) is 8.89. The van der Waals surface area contributed by atoms with Crippen molar-refractivity contribution in [2.45, 2.75) is 26.9 Å². The van der Waals surface area contributed by atoms with E-state index in [2.05, 4.69) is 56.7 Å². The topological polar surface area (TPSA) is 33.5 Å². The van der Waals surface area contributed by atoms with Crippen molar-refractivity contribution in [1.29, 1.82) is 0 Å². The van der Waals surface area contributed by atoms with E-state index >= 15 is 0 Å². The lowest BCUT2D eigenvalue weighted by Crippen LogP contribution is -2.46. The molecule has 0 radical (unpaired) electrons. The van der Waals surface area contributed by atoms with Crippen LogP contribution in [0.25, 0.3) is 0 Å². The Balaban J connectivity index is 1.41. The number of aromatic nitrogens is 2. The summed E-state index contributed by atoms with van der Waals surface area (Å²) in [5.74, 6) is 2.06. The van der Waals surface area contributed by atoms with Crippen molar-refractivity contribution in [3.63, 3.8) is 0 Å². The smallest absolute Gasteiger partial charge is 0.119 e. The van der Waals surface area contributed by atoms with Crippen molar-refractivity contribution >= 4 is 0 Å². The van der Waals surface area contributed by atoms with E-state index in [1.54, 1.807) is 0 Å². The fourth-order valence-electron chi connectivity index (χ4n) is 3.18. The number of ether oxygens (including phenoxy) is 1. The lowest BCUT2D eigenvalue weighted by atomic mass is 10.2. The zero-order valence-corrected chi connectivity index (χ0v) is 14.8. The van der Waals surface area contributed by atoms with Gasteiger partial charge >= 0.3 is 0 Å². The van der Waals surface area contributed by atoms with Crippen molar-refractivity contribution < 1.29 is 4.74 Å². The molecule has 1 aliphatic rings. The maximum atomic E-state index is 5.50. The molecule has 0 aliphatic carbocycles. The van der Waals surface area contributed by atoms with Crippen LogP contribution in [-0.2, 0) is 13.1 Å². The Labute approximate surface area is 144 Å². The normalized spacial score (nSPS) is 16.4. The van der Waals surface area contributed by atoms with Gasteiger partial charge in [0.25, 0.3) is 0 Å². The number of nitrogens with zero attached hydrogens (tertiary/aromatic N) is 4. The number of aryl methyl sites for hydroxylation is 1. The first-order chi connectivity index (χ1) is 11.7. The van der Waals surface area contributed by atoms with E-state index in [1.165, 1.54) is 5.56 Å². The van der Waals surface area contributed by atoms with E-state index in [9.17, 15) is 0 Å². The van der Waals surface area contributed by atoms with E-state index in [1.807, 2.05) is 13.1 Å². The third-order valence-corrected chi connectivity index (χ3v) is 4.69. The molecule has 24 heavy (non-hydrogen) atoms. The summed E-state index contributed by atoms with van der Waals surface area (Å²) in [5.41, 5.74) is 1.36. The second-order valence-corrected chi connectivity index (χ2v) is 6.36. The van der Waals surface area contributed by atoms with Gasteiger partial charge in [0.1, 0.15) is 11.6 Å². The molecule has 1 aliphatic heterocycles. The summed E-state index contributed by atoms with van der Waals surface area (Å²) in [4.78, 5) is 9.37. The second kappa shape index (κ2) is 8.31. The molecule has 0 N–H and O–H groups in total. The molecule has 1 aromatic heterocycles. The fourth-order valence-corrected chi connectivity index (χ4v) is 3.18. The van der Waals surface area contributed by atoms with E-state index < -0.39 is 0 Å². The molecule has 0 amide bonds. The van der Waals surface area contributed by atoms with E-state index in [-0.39, 0.29) is 0 Å². The van der Waals surface area contributed by atoms with E-state index in [4.69, 9.17) is 4.74 Å². The minimum Gasteiger partial charge on any atom is -0.494 e. The molecule has 1 saturated heterocycles. The predicted octanol–water partition coefficient (Wildman–Crippen LogP) is 2.41. The zero-order chi connectivity index (χ0) is 16.8. The molecule has 1 fully saturated rings. The van der Waals surface area contributed by atoms with Crippen LogP contribution in [0.5, 0.6) is 5.75 Å². The third kappa shape index (κ3) is 4.58. The highest BCUT2D eigenvalue weighted by atomic mass is 16.5. The molecule has 0 bridgehead atoms. The molecule has 0 spiro atoms. The van der Waals surface area contributed by atoms with Gasteiger partial charge in [0.15, 0.2) is 0 Å². The van der Waals surface area contributed by atoms with Gasteiger partial charge in [-0.1, -0.05) is 12.1 Å². The lowest BCUT2D eigenvalue weighted by molar-refractivity contribution is 0.124. The fraction of sp³-hybridized carbons (Fsp3) is 0.526. The summed E-state index contributed by atoms with van der Waals surface area (Å²) in [6.07, 6.45) is 3.95. The number of piperazine rings is 1. The van der Waals surface area contributed by atoms with Crippen LogP contribution >= 0.6 is 0 Å². The number of imidazole rings is 1. The molecule has 0 unspecified atom stereocenters. The second-order valence-electron chi connectivity index (χ2n) is 6.36. The minimum atomic E-state index is 0.722. The average molecular weight is 328 g/mol. The first kappa shape index (κ1) is 17.0. The maximum Gasteiger partial charge on any atom is 0.119 e. The van der Waals surface area contributed by atoms with Crippen LogP contribution in [-0.4, -0.2) is 58.7 Å². The molecule has 0 atom stereocenters. The van der Waals surface area contributed by atoms with Crippen LogP contribution in [0.4, 0.5) is 0 Å². The third-order valence-electron chi connectivity index (χ3n) is 4.69. The van der Waals surface area contributed by atoms with Gasteiger partial charge < -0.3 is 9.30 Å². The van der Waals surface area contributed by atoms with Crippen LogP contribution in [0.1, 0.15) is 18.3 Å². The average Bonchev–Trinajstić information content (AvgIpc) is 3.01. The van der Waals surface area contributed by atoms with Gasteiger partial charge in [0, 0.05) is 58.2 Å². The summed E-state index contributed by atoms with van der Waals surface area (Å²) in [6.45, 7) is 12.5. The largest absolute Gasteiger partial charge is 0.494 e. The maximum absolute atomic E-state index is 5.50. The number of hydrogen-bond acceptors (Lipinski definition) is 4. The van der Waals surface area contributed by atoms with Gasteiger partial charge in [-0.05, 0) is 31.5 Å². The summed E-state index contributed by atoms with van der Waals surface area (Å²) in [5, 5.41) is 0. The SMILES string of the molecule is CCOc1ccc(CN2CCN(CCn3ccnc3C)CC2)cc1. The molecular formula is C19H28N4O. The molecule has 5 nitrogen and oxygen atoms in total. The van der Waals surface area contributed by atoms with Gasteiger partial charge in [0.05, 0.1) is 6.61 Å². The van der Waals surface area contributed by atoms with Crippen molar-refractivity contribution in [2.75, 3.05) is 39.3 Å². The first-order valence-corrected chi connectivity index (χ1v) is 8.89. The highest BCUT2D eigenvalue weighted by molar-refractivity contribution is 5.27. The van der Waals surface area contributed by atoms with Crippen LogP contribution in [0.15, 0.2) is 36.7 Å². The highest BCUT2D eigenvalue weighted by Crippen LogP contribution is 2.14. The van der Waals surface area contributed by atoms with Gasteiger partial charge in [0.2, 0.25) is 0 Å². The predicted molar refractivity (Wildman–Crippen MR) is 96.3 cm³/mol. The summed E-state index contributed by atoms with van der Waals surface area (Å²) < 4.78 is 7.73. The number of rotatable bonds is 7. The van der Waals surface area contributed by atoms with Gasteiger partial charge in [-0.2, -0.15) is 0 Å². The molecule has 130 valence electrons. The molecular weight excluding hydrogens is 300 g/mol. The molecule has 3 rings (SSSR count). The zero-order valence-electron chi connectivity index (χ0n) is 14.8. The Morgan fingerprint density at radius 1 is 1.00 bits per heavy atom. The number of hydrogen-bond donors (Lipinski definition) is 0. The molecule has 0 saturated carbocycles. The van der Waals surface area contributed by atoms with Crippen LogP contribution in [0, 0.1) is 6.92 Å². The Hall–Kier alpha value is -1.85. The Morgan fingerprint density at radius 3 is 2.33 bits per heavy atom. The van der Waals surface area contributed by atoms with E-state index in [0.29, 0.717) is 0 Å². The lowest BCUT2D eigenvalue weighted by Gasteiger charge is -2.34. The summed E-state index contributed by atoms with van der Waals surface area (Å²) in [7, 11) is 0. The van der Waals surface area contributed by atoms with Crippen molar-refractivity contribution in [1.82, 2.24) is 19.4 Å². The molecule has 1 aromatic carbocycles. The monoisotopic (exact) mass is 328 g/mol. The van der Waals surface area contributed by atoms with E-state index in [0.717, 1.165) is 64.0 Å². The van der Waals surface area contributed by atoms with Crippen molar-refractivity contribution in [2.24, 2.45) is 0 Å². The molecule has 2 aromatic rings. The standard InChI is InChI=1S/C19H28N4O/c1-3-24-19-6-4-18(5-7-19)16-22-12-10-21(11-13-22)14-15-23-9-8-20-17(23)2/h4-9H,3,10-16H2,1-2H3. The van der Waals surface area contributed by atoms with Crippen LogP contribution in [0.2, 0.25) is 0 Å². The number of benzene rings is 1. The van der Waals surface area contributed by atoms with Crippen molar-refractivity contribution in [3.05, 3.63) is 48.0 Å². The Kier molecular flexibility index (Phi) is 5.88. The quantitative estimate of drug-likeness (QED) is 0.781. The van der Waals surface area contributed by atoms with Gasteiger partial charge in [-0.3, -0.25) is 9.80 Å². The van der Waals surface area contributed by atoms with Crippen molar-refractivity contribution in [3.8, 4) is 5.75 Å². The Morgan fingerprint density at radius 2 is 1.71 bits per heavy atom. The highest BCUT2D eigenvalue weighted by Gasteiger charge is 2.16.